The van der Waals surface area contributed by atoms with Crippen molar-refractivity contribution in [1.29, 1.82) is 0 Å². The lowest BCUT2D eigenvalue weighted by molar-refractivity contribution is 0.0921. The average molecular weight is 293 g/mol. The lowest BCUT2D eigenvalue weighted by atomic mass is 9.80. The Labute approximate surface area is 131 Å². The maximum atomic E-state index is 4.02. The Morgan fingerprint density at radius 2 is 1.81 bits per heavy atom. The molecule has 1 saturated heterocycles. The summed E-state index contributed by atoms with van der Waals surface area (Å²) < 4.78 is 0. The molecule has 0 amide bonds. The van der Waals surface area contributed by atoms with Gasteiger partial charge in [-0.05, 0) is 65.1 Å². The standard InChI is InChI=1S/C18H35N3/c1-21(2)18(11-4-3-5-12-18)14-20-17-9-6-8-15(17)16-10-7-13-19-16/h15-17,19-20H,3-14H2,1-2H3. The van der Waals surface area contributed by atoms with E-state index in [2.05, 4.69) is 29.6 Å². The van der Waals surface area contributed by atoms with Gasteiger partial charge >= 0.3 is 0 Å². The molecule has 122 valence electrons. The van der Waals surface area contributed by atoms with E-state index in [0.717, 1.165) is 18.0 Å². The fourth-order valence-corrected chi connectivity index (χ4v) is 5.11. The minimum atomic E-state index is 0.425. The minimum absolute atomic E-state index is 0.425. The average Bonchev–Trinajstić information content (AvgIpc) is 3.16. The molecule has 3 heteroatoms. The van der Waals surface area contributed by atoms with Crippen LogP contribution in [0.2, 0.25) is 0 Å². The normalized spacial score (nSPS) is 36.4. The molecule has 1 aliphatic heterocycles. The third-order valence-corrected chi connectivity index (χ3v) is 6.61. The summed E-state index contributed by atoms with van der Waals surface area (Å²) in [4.78, 5) is 2.51. The molecule has 0 aromatic carbocycles. The lowest BCUT2D eigenvalue weighted by Gasteiger charge is -2.44. The van der Waals surface area contributed by atoms with Crippen molar-refractivity contribution in [3.8, 4) is 0 Å². The summed E-state index contributed by atoms with van der Waals surface area (Å²) in [6.07, 6.45) is 14.1. The van der Waals surface area contributed by atoms with Crippen LogP contribution in [0.25, 0.3) is 0 Å². The van der Waals surface area contributed by atoms with Crippen LogP contribution in [-0.4, -0.2) is 49.7 Å². The van der Waals surface area contributed by atoms with Gasteiger partial charge in [-0.25, -0.2) is 0 Å². The van der Waals surface area contributed by atoms with E-state index in [1.165, 1.54) is 77.3 Å². The van der Waals surface area contributed by atoms with Crippen molar-refractivity contribution in [3.05, 3.63) is 0 Å². The van der Waals surface area contributed by atoms with Crippen LogP contribution in [-0.2, 0) is 0 Å². The highest BCUT2D eigenvalue weighted by atomic mass is 15.2. The number of hydrogen-bond donors (Lipinski definition) is 2. The molecule has 2 aliphatic carbocycles. The summed E-state index contributed by atoms with van der Waals surface area (Å²) >= 11 is 0. The molecule has 0 aromatic rings. The molecule has 0 spiro atoms. The van der Waals surface area contributed by atoms with Gasteiger partial charge in [0, 0.05) is 24.2 Å². The quantitative estimate of drug-likeness (QED) is 0.816. The predicted octanol–water partition coefficient (Wildman–Crippen LogP) is 2.76. The van der Waals surface area contributed by atoms with Crippen LogP contribution < -0.4 is 10.6 Å². The van der Waals surface area contributed by atoms with Crippen molar-refractivity contribution in [1.82, 2.24) is 15.5 Å². The molecule has 3 fully saturated rings. The van der Waals surface area contributed by atoms with Crippen molar-refractivity contribution < 1.29 is 0 Å². The first-order valence-electron chi connectivity index (χ1n) is 9.35. The molecule has 1 heterocycles. The van der Waals surface area contributed by atoms with Gasteiger partial charge in [0.05, 0.1) is 0 Å². The largest absolute Gasteiger partial charge is 0.314 e. The van der Waals surface area contributed by atoms with E-state index in [1.807, 2.05) is 0 Å². The third-order valence-electron chi connectivity index (χ3n) is 6.61. The number of likely N-dealkylation sites (N-methyl/N-ethyl adjacent to an activating group) is 1. The van der Waals surface area contributed by atoms with Gasteiger partial charge < -0.3 is 15.5 Å². The summed E-state index contributed by atoms with van der Waals surface area (Å²) in [6.45, 7) is 2.45. The van der Waals surface area contributed by atoms with E-state index >= 15 is 0 Å². The number of nitrogens with zero attached hydrogens (tertiary/aromatic N) is 1. The molecule has 21 heavy (non-hydrogen) atoms. The fraction of sp³-hybridized carbons (Fsp3) is 1.00. The van der Waals surface area contributed by atoms with Crippen LogP contribution >= 0.6 is 0 Å². The number of nitrogens with one attached hydrogen (secondary N) is 2. The molecule has 2 saturated carbocycles. The molecule has 3 aliphatic rings. The van der Waals surface area contributed by atoms with Crippen molar-refractivity contribution in [3.63, 3.8) is 0 Å². The third kappa shape index (κ3) is 3.46. The lowest BCUT2D eigenvalue weighted by Crippen LogP contribution is -2.55. The number of hydrogen-bond acceptors (Lipinski definition) is 3. The second-order valence-corrected chi connectivity index (χ2v) is 7.96. The molecular formula is C18H35N3. The molecule has 3 unspecified atom stereocenters. The van der Waals surface area contributed by atoms with Crippen molar-refractivity contribution in [2.24, 2.45) is 5.92 Å². The summed E-state index contributed by atoms with van der Waals surface area (Å²) in [5.74, 6) is 0.885. The summed E-state index contributed by atoms with van der Waals surface area (Å²) in [6, 6.07) is 1.56. The van der Waals surface area contributed by atoms with Crippen LogP contribution in [0.5, 0.6) is 0 Å². The van der Waals surface area contributed by atoms with Crippen molar-refractivity contribution >= 4 is 0 Å². The van der Waals surface area contributed by atoms with E-state index < -0.39 is 0 Å². The van der Waals surface area contributed by atoms with Gasteiger partial charge in [0.2, 0.25) is 0 Å². The Kier molecular flexibility index (Phi) is 5.23. The van der Waals surface area contributed by atoms with E-state index in [0.29, 0.717) is 5.54 Å². The molecule has 0 aromatic heterocycles. The first-order valence-corrected chi connectivity index (χ1v) is 9.35. The highest BCUT2D eigenvalue weighted by Crippen LogP contribution is 2.35. The van der Waals surface area contributed by atoms with Gasteiger partial charge in [0.15, 0.2) is 0 Å². The van der Waals surface area contributed by atoms with E-state index in [9.17, 15) is 0 Å². The highest BCUT2D eigenvalue weighted by Gasteiger charge is 2.38. The van der Waals surface area contributed by atoms with Gasteiger partial charge in [0.1, 0.15) is 0 Å². The summed E-state index contributed by atoms with van der Waals surface area (Å²) in [5.41, 5.74) is 0.425. The Morgan fingerprint density at radius 3 is 2.48 bits per heavy atom. The van der Waals surface area contributed by atoms with Crippen LogP contribution in [0.3, 0.4) is 0 Å². The molecule has 3 nitrogen and oxygen atoms in total. The van der Waals surface area contributed by atoms with Crippen LogP contribution in [0, 0.1) is 5.92 Å². The molecule has 0 bridgehead atoms. The zero-order chi connectivity index (χ0) is 14.7. The molecule has 0 radical (unpaired) electrons. The van der Waals surface area contributed by atoms with E-state index in [1.54, 1.807) is 0 Å². The topological polar surface area (TPSA) is 27.3 Å². The zero-order valence-corrected chi connectivity index (χ0v) is 14.2. The van der Waals surface area contributed by atoms with E-state index in [4.69, 9.17) is 0 Å². The first kappa shape index (κ1) is 15.8. The van der Waals surface area contributed by atoms with E-state index in [-0.39, 0.29) is 0 Å². The second-order valence-electron chi connectivity index (χ2n) is 7.96. The first-order chi connectivity index (χ1) is 10.2. The SMILES string of the molecule is CN(C)C1(CNC2CCCC2C2CCCN2)CCCCC1. The van der Waals surface area contributed by atoms with Gasteiger partial charge in [-0.2, -0.15) is 0 Å². The van der Waals surface area contributed by atoms with Gasteiger partial charge in [-0.1, -0.05) is 25.7 Å². The fourth-order valence-electron chi connectivity index (χ4n) is 5.11. The predicted molar refractivity (Wildman–Crippen MR) is 89.7 cm³/mol. The minimum Gasteiger partial charge on any atom is -0.314 e. The van der Waals surface area contributed by atoms with Crippen LogP contribution in [0.15, 0.2) is 0 Å². The number of rotatable bonds is 5. The van der Waals surface area contributed by atoms with Crippen LogP contribution in [0.1, 0.15) is 64.2 Å². The summed E-state index contributed by atoms with van der Waals surface area (Å²) in [7, 11) is 4.58. The zero-order valence-electron chi connectivity index (χ0n) is 14.2. The Bertz CT molecular complexity index is 316. The van der Waals surface area contributed by atoms with Gasteiger partial charge in [-0.3, -0.25) is 0 Å². The smallest absolute Gasteiger partial charge is 0.0327 e. The summed E-state index contributed by atoms with van der Waals surface area (Å²) in [5, 5.41) is 7.77. The molecule has 3 atom stereocenters. The van der Waals surface area contributed by atoms with Crippen LogP contribution in [0.4, 0.5) is 0 Å². The molecule has 3 rings (SSSR count). The van der Waals surface area contributed by atoms with Gasteiger partial charge in [-0.15, -0.1) is 0 Å². The maximum absolute atomic E-state index is 4.02. The monoisotopic (exact) mass is 293 g/mol. The van der Waals surface area contributed by atoms with Gasteiger partial charge in [0.25, 0.3) is 0 Å². The molecule has 2 N–H and O–H groups in total. The Balaban J connectivity index is 1.57. The Hall–Kier alpha value is -0.120. The van der Waals surface area contributed by atoms with Crippen molar-refractivity contribution in [2.45, 2.75) is 81.8 Å². The highest BCUT2D eigenvalue weighted by molar-refractivity contribution is 4.97. The van der Waals surface area contributed by atoms with Crippen molar-refractivity contribution in [2.75, 3.05) is 27.2 Å². The maximum Gasteiger partial charge on any atom is 0.0327 e. The molecular weight excluding hydrogens is 258 g/mol. The Morgan fingerprint density at radius 1 is 1.00 bits per heavy atom. The second kappa shape index (κ2) is 6.97.